The van der Waals surface area contributed by atoms with Gasteiger partial charge in [0.15, 0.2) is 0 Å². The maximum absolute atomic E-state index is 12.6. The van der Waals surface area contributed by atoms with Crippen LogP contribution in [-0.2, 0) is 0 Å². The summed E-state index contributed by atoms with van der Waals surface area (Å²) < 4.78 is 12.6. The molecule has 0 unspecified atom stereocenters. The Labute approximate surface area is 88.3 Å². The maximum atomic E-state index is 12.6. The average molecular weight is 214 g/mol. The Hall–Kier alpha value is -0.770. The third-order valence-electron chi connectivity index (χ3n) is 1.80. The number of halogens is 1. The Kier molecular flexibility index (Phi) is 5.37. The van der Waals surface area contributed by atoms with E-state index in [4.69, 9.17) is 0 Å². The fourth-order valence-electron chi connectivity index (χ4n) is 1.09. The predicted molar refractivity (Wildman–Crippen MR) is 60.3 cm³/mol. The minimum absolute atomic E-state index is 0.431. The number of nitrogens with one attached hydrogen (secondary N) is 1. The highest BCUT2D eigenvalue weighted by molar-refractivity contribution is 7.98. The van der Waals surface area contributed by atoms with Crippen LogP contribution in [0.2, 0.25) is 0 Å². The molecule has 0 saturated carbocycles. The van der Waals surface area contributed by atoms with Crippen LogP contribution in [0, 0.1) is 5.95 Å². The average Bonchev–Trinajstić information content (AvgIpc) is 2.18. The number of nitrogens with zero attached hydrogens (tertiary/aromatic N) is 1. The summed E-state index contributed by atoms with van der Waals surface area (Å²) in [5.74, 6) is 1.37. The molecular formula is C10H15FN2S. The van der Waals surface area contributed by atoms with Crippen molar-refractivity contribution in [3.05, 3.63) is 24.1 Å². The lowest BCUT2D eigenvalue weighted by molar-refractivity contribution is 0.585. The smallest absolute Gasteiger partial charge is 0.214 e. The molecule has 0 atom stereocenters. The monoisotopic (exact) mass is 214 g/mol. The first-order valence-corrected chi connectivity index (χ1v) is 6.07. The molecule has 4 heteroatoms. The first-order chi connectivity index (χ1) is 6.83. The second kappa shape index (κ2) is 6.65. The summed E-state index contributed by atoms with van der Waals surface area (Å²) in [5.41, 5.74) is 0. The van der Waals surface area contributed by atoms with E-state index >= 15 is 0 Å². The molecule has 0 radical (unpaired) electrons. The van der Waals surface area contributed by atoms with E-state index in [0.29, 0.717) is 5.82 Å². The lowest BCUT2D eigenvalue weighted by Gasteiger charge is -2.04. The van der Waals surface area contributed by atoms with E-state index in [0.717, 1.165) is 13.0 Å². The molecule has 0 aliphatic rings. The summed E-state index contributed by atoms with van der Waals surface area (Å²) in [6.07, 6.45) is 4.38. The standard InChI is InChI=1S/C10H15FN2S/c1-14-8-3-2-7-12-10-6-4-5-9(11)13-10/h4-6H,2-3,7-8H2,1H3,(H,12,13). The molecule has 0 aliphatic carbocycles. The lowest BCUT2D eigenvalue weighted by atomic mass is 10.3. The molecule has 2 nitrogen and oxygen atoms in total. The Morgan fingerprint density at radius 2 is 2.29 bits per heavy atom. The van der Waals surface area contributed by atoms with Gasteiger partial charge in [0.1, 0.15) is 5.82 Å². The molecule has 0 saturated heterocycles. The van der Waals surface area contributed by atoms with Gasteiger partial charge in [-0.25, -0.2) is 4.98 Å². The largest absolute Gasteiger partial charge is 0.370 e. The molecule has 14 heavy (non-hydrogen) atoms. The van der Waals surface area contributed by atoms with Crippen LogP contribution in [0.1, 0.15) is 12.8 Å². The number of thioether (sulfide) groups is 1. The van der Waals surface area contributed by atoms with Gasteiger partial charge < -0.3 is 5.32 Å². The van der Waals surface area contributed by atoms with Gasteiger partial charge in [-0.2, -0.15) is 16.2 Å². The number of anilines is 1. The molecule has 0 bridgehead atoms. The molecule has 0 aliphatic heterocycles. The fourth-order valence-corrected chi connectivity index (χ4v) is 1.59. The van der Waals surface area contributed by atoms with Gasteiger partial charge in [-0.3, -0.25) is 0 Å². The van der Waals surface area contributed by atoms with Crippen LogP contribution in [0.5, 0.6) is 0 Å². The van der Waals surface area contributed by atoms with Crippen molar-refractivity contribution in [2.45, 2.75) is 12.8 Å². The van der Waals surface area contributed by atoms with Crippen molar-refractivity contribution in [1.29, 1.82) is 0 Å². The highest BCUT2D eigenvalue weighted by Gasteiger charge is 1.94. The molecule has 1 heterocycles. The minimum Gasteiger partial charge on any atom is -0.370 e. The van der Waals surface area contributed by atoms with Gasteiger partial charge in [-0.05, 0) is 37.0 Å². The number of hydrogen-bond donors (Lipinski definition) is 1. The van der Waals surface area contributed by atoms with Crippen molar-refractivity contribution >= 4 is 17.6 Å². The van der Waals surface area contributed by atoms with E-state index in [2.05, 4.69) is 16.6 Å². The summed E-state index contributed by atoms with van der Waals surface area (Å²) in [6.45, 7) is 0.858. The third kappa shape index (κ3) is 4.46. The molecule has 0 fully saturated rings. The van der Waals surface area contributed by atoms with E-state index in [1.807, 2.05) is 11.8 Å². The Morgan fingerprint density at radius 3 is 3.00 bits per heavy atom. The second-order valence-corrected chi connectivity index (χ2v) is 3.96. The first kappa shape index (κ1) is 11.3. The molecule has 1 N–H and O–H groups in total. The fraction of sp³-hybridized carbons (Fsp3) is 0.500. The summed E-state index contributed by atoms with van der Waals surface area (Å²) >= 11 is 1.85. The Morgan fingerprint density at radius 1 is 1.43 bits per heavy atom. The maximum Gasteiger partial charge on any atom is 0.214 e. The van der Waals surface area contributed by atoms with E-state index in [9.17, 15) is 4.39 Å². The van der Waals surface area contributed by atoms with Gasteiger partial charge >= 0.3 is 0 Å². The molecule has 0 spiro atoms. The summed E-state index contributed by atoms with van der Waals surface area (Å²) in [5, 5.41) is 3.08. The number of unbranched alkanes of at least 4 members (excludes halogenated alkanes) is 1. The molecule has 0 aromatic carbocycles. The van der Waals surface area contributed by atoms with E-state index in [-0.39, 0.29) is 0 Å². The molecule has 0 amide bonds. The van der Waals surface area contributed by atoms with Crippen LogP contribution in [0.25, 0.3) is 0 Å². The second-order valence-electron chi connectivity index (χ2n) is 2.97. The normalized spacial score (nSPS) is 10.1. The predicted octanol–water partition coefficient (Wildman–Crippen LogP) is 2.78. The molecule has 1 rings (SSSR count). The molecule has 1 aromatic heterocycles. The zero-order valence-electron chi connectivity index (χ0n) is 8.29. The zero-order valence-corrected chi connectivity index (χ0v) is 9.11. The summed E-state index contributed by atoms with van der Waals surface area (Å²) in [7, 11) is 0. The molecular weight excluding hydrogens is 199 g/mol. The first-order valence-electron chi connectivity index (χ1n) is 4.68. The van der Waals surface area contributed by atoms with Crippen molar-refractivity contribution in [1.82, 2.24) is 4.98 Å². The van der Waals surface area contributed by atoms with Crippen LogP contribution in [0.4, 0.5) is 10.2 Å². The minimum atomic E-state index is -0.431. The van der Waals surface area contributed by atoms with E-state index in [1.54, 1.807) is 12.1 Å². The van der Waals surface area contributed by atoms with Crippen molar-refractivity contribution in [3.8, 4) is 0 Å². The number of hydrogen-bond acceptors (Lipinski definition) is 3. The van der Waals surface area contributed by atoms with Crippen LogP contribution in [-0.4, -0.2) is 23.5 Å². The van der Waals surface area contributed by atoms with Gasteiger partial charge in [0.25, 0.3) is 0 Å². The molecule has 1 aromatic rings. The summed E-state index contributed by atoms with van der Waals surface area (Å²) in [6, 6.07) is 4.78. The quantitative estimate of drug-likeness (QED) is 0.582. The topological polar surface area (TPSA) is 24.9 Å². The van der Waals surface area contributed by atoms with Gasteiger partial charge in [-0.15, -0.1) is 0 Å². The van der Waals surface area contributed by atoms with E-state index < -0.39 is 5.95 Å². The lowest BCUT2D eigenvalue weighted by Crippen LogP contribution is -2.04. The van der Waals surface area contributed by atoms with Gasteiger partial charge in [0, 0.05) is 6.54 Å². The number of rotatable bonds is 6. The third-order valence-corrected chi connectivity index (χ3v) is 2.49. The van der Waals surface area contributed by atoms with Crippen LogP contribution in [0.15, 0.2) is 18.2 Å². The van der Waals surface area contributed by atoms with Gasteiger partial charge in [0.05, 0.1) is 0 Å². The van der Waals surface area contributed by atoms with Crippen LogP contribution < -0.4 is 5.32 Å². The van der Waals surface area contributed by atoms with Crippen molar-refractivity contribution in [3.63, 3.8) is 0 Å². The zero-order chi connectivity index (χ0) is 10.2. The van der Waals surface area contributed by atoms with Crippen LogP contribution >= 0.6 is 11.8 Å². The highest BCUT2D eigenvalue weighted by atomic mass is 32.2. The Balaban J connectivity index is 2.18. The molecule has 78 valence electrons. The van der Waals surface area contributed by atoms with Crippen molar-refractivity contribution < 1.29 is 4.39 Å². The van der Waals surface area contributed by atoms with Gasteiger partial charge in [-0.1, -0.05) is 6.07 Å². The number of pyridine rings is 1. The SMILES string of the molecule is CSCCCCNc1cccc(F)n1. The van der Waals surface area contributed by atoms with Crippen LogP contribution in [0.3, 0.4) is 0 Å². The van der Waals surface area contributed by atoms with Crippen molar-refractivity contribution in [2.75, 3.05) is 23.9 Å². The Bertz CT molecular complexity index is 268. The summed E-state index contributed by atoms with van der Waals surface area (Å²) in [4.78, 5) is 3.71. The van der Waals surface area contributed by atoms with E-state index in [1.165, 1.54) is 18.2 Å². The highest BCUT2D eigenvalue weighted by Crippen LogP contribution is 2.04. The van der Waals surface area contributed by atoms with Crippen molar-refractivity contribution in [2.24, 2.45) is 0 Å². The van der Waals surface area contributed by atoms with Gasteiger partial charge in [0.2, 0.25) is 5.95 Å². The number of aromatic nitrogens is 1.